The minimum absolute atomic E-state index is 0.0845. The molecular weight excluding hydrogens is 328 g/mol. The Balaban J connectivity index is 1.54. The summed E-state index contributed by atoms with van der Waals surface area (Å²) in [6.45, 7) is 7.00. The maximum absolute atomic E-state index is 12.7. The highest BCUT2D eigenvalue weighted by Crippen LogP contribution is 2.12. The number of aryl methyl sites for hydroxylation is 2. The lowest BCUT2D eigenvalue weighted by Crippen LogP contribution is -2.36. The van der Waals surface area contributed by atoms with Gasteiger partial charge < -0.3 is 4.90 Å². The van der Waals surface area contributed by atoms with E-state index in [1.54, 1.807) is 10.9 Å². The number of aromatic nitrogens is 4. The zero-order valence-corrected chi connectivity index (χ0v) is 14.9. The van der Waals surface area contributed by atoms with Crippen LogP contribution in [-0.2, 0) is 13.6 Å². The summed E-state index contributed by atoms with van der Waals surface area (Å²) in [5.41, 5.74) is 1.50. The van der Waals surface area contributed by atoms with Crippen molar-refractivity contribution in [1.82, 2.24) is 29.4 Å². The van der Waals surface area contributed by atoms with E-state index < -0.39 is 0 Å². The number of hydrogen-bond acceptors (Lipinski definition) is 4. The van der Waals surface area contributed by atoms with Crippen LogP contribution in [0.15, 0.2) is 18.6 Å². The molecule has 2 aromatic heterocycles. The Bertz CT molecular complexity index is 709. The smallest absolute Gasteiger partial charge is 0.257 e. The van der Waals surface area contributed by atoms with E-state index in [0.29, 0.717) is 10.6 Å². The molecule has 3 heterocycles. The summed E-state index contributed by atoms with van der Waals surface area (Å²) in [5.74, 6) is 0.0845. The van der Waals surface area contributed by atoms with Crippen LogP contribution in [0.1, 0.15) is 22.5 Å². The molecule has 1 aliphatic rings. The third-order valence-electron chi connectivity index (χ3n) is 4.37. The molecule has 1 saturated heterocycles. The molecule has 0 radical (unpaired) electrons. The van der Waals surface area contributed by atoms with Crippen molar-refractivity contribution in [1.29, 1.82) is 0 Å². The van der Waals surface area contributed by atoms with E-state index >= 15 is 0 Å². The van der Waals surface area contributed by atoms with Crippen LogP contribution >= 0.6 is 11.6 Å². The molecule has 1 aliphatic heterocycles. The van der Waals surface area contributed by atoms with Gasteiger partial charge in [0.25, 0.3) is 5.91 Å². The first-order valence-corrected chi connectivity index (χ1v) is 8.60. The van der Waals surface area contributed by atoms with Gasteiger partial charge in [-0.3, -0.25) is 19.1 Å². The number of carbonyl (C=O) groups is 1. The Morgan fingerprint density at radius 3 is 2.71 bits per heavy atom. The minimum atomic E-state index is 0.0845. The molecule has 0 saturated carbocycles. The summed E-state index contributed by atoms with van der Waals surface area (Å²) in [7, 11) is 1.84. The van der Waals surface area contributed by atoms with E-state index in [4.69, 9.17) is 11.6 Å². The Morgan fingerprint density at radius 2 is 2.04 bits per heavy atom. The summed E-state index contributed by atoms with van der Waals surface area (Å²) in [5, 5.41) is 9.13. The van der Waals surface area contributed by atoms with E-state index in [0.717, 1.165) is 51.4 Å². The Hall–Kier alpha value is -1.86. The quantitative estimate of drug-likeness (QED) is 0.837. The van der Waals surface area contributed by atoms with Gasteiger partial charge in [0.1, 0.15) is 0 Å². The number of nitrogens with zero attached hydrogens (tertiary/aromatic N) is 6. The first-order valence-electron chi connectivity index (χ1n) is 8.23. The van der Waals surface area contributed by atoms with Crippen molar-refractivity contribution < 1.29 is 4.79 Å². The highest BCUT2D eigenvalue weighted by molar-refractivity contribution is 6.30. The fraction of sp³-hybridized carbons (Fsp3) is 0.562. The van der Waals surface area contributed by atoms with Gasteiger partial charge in [-0.1, -0.05) is 11.6 Å². The summed E-state index contributed by atoms with van der Waals surface area (Å²) in [6, 6.07) is 0. The maximum atomic E-state index is 12.7. The monoisotopic (exact) mass is 350 g/mol. The summed E-state index contributed by atoms with van der Waals surface area (Å²) in [6.07, 6.45) is 6.27. The molecule has 0 N–H and O–H groups in total. The van der Waals surface area contributed by atoms with E-state index in [-0.39, 0.29) is 5.91 Å². The summed E-state index contributed by atoms with van der Waals surface area (Å²) >= 11 is 5.89. The fourth-order valence-electron chi connectivity index (χ4n) is 3.08. The molecule has 0 bridgehead atoms. The highest BCUT2D eigenvalue weighted by Gasteiger charge is 2.22. The third kappa shape index (κ3) is 3.96. The van der Waals surface area contributed by atoms with E-state index in [1.807, 2.05) is 35.9 Å². The van der Waals surface area contributed by atoms with Gasteiger partial charge in [-0.2, -0.15) is 10.2 Å². The van der Waals surface area contributed by atoms with Crippen molar-refractivity contribution in [3.05, 3.63) is 34.9 Å². The van der Waals surface area contributed by atoms with Crippen molar-refractivity contribution in [3.63, 3.8) is 0 Å². The molecule has 0 unspecified atom stereocenters. The SMILES string of the molecule is Cc1nn(C)cc1C(=O)N1CCCN(CCn2cc(Cl)cn2)CC1. The van der Waals surface area contributed by atoms with Crippen molar-refractivity contribution in [2.45, 2.75) is 19.9 Å². The first-order chi connectivity index (χ1) is 11.5. The van der Waals surface area contributed by atoms with Crippen LogP contribution in [0.5, 0.6) is 0 Å². The second-order valence-corrected chi connectivity index (χ2v) is 6.65. The molecule has 0 aromatic carbocycles. The molecule has 0 atom stereocenters. The molecule has 2 aromatic rings. The molecular formula is C16H23ClN6O. The molecule has 7 nitrogen and oxygen atoms in total. The normalized spacial score (nSPS) is 16.4. The average molecular weight is 351 g/mol. The molecule has 130 valence electrons. The van der Waals surface area contributed by atoms with Crippen LogP contribution in [0.4, 0.5) is 0 Å². The van der Waals surface area contributed by atoms with Gasteiger partial charge in [-0.25, -0.2) is 0 Å². The van der Waals surface area contributed by atoms with Gasteiger partial charge in [-0.05, 0) is 19.9 Å². The summed E-state index contributed by atoms with van der Waals surface area (Å²) < 4.78 is 3.55. The predicted octanol–water partition coefficient (Wildman–Crippen LogP) is 1.43. The second kappa shape index (κ2) is 7.36. The van der Waals surface area contributed by atoms with Crippen LogP contribution in [0.25, 0.3) is 0 Å². The second-order valence-electron chi connectivity index (χ2n) is 6.21. The van der Waals surface area contributed by atoms with Crippen molar-refractivity contribution in [3.8, 4) is 0 Å². The van der Waals surface area contributed by atoms with Gasteiger partial charge in [0, 0.05) is 45.6 Å². The van der Waals surface area contributed by atoms with Crippen molar-refractivity contribution in [2.75, 3.05) is 32.7 Å². The van der Waals surface area contributed by atoms with Gasteiger partial charge in [-0.15, -0.1) is 0 Å². The predicted molar refractivity (Wildman–Crippen MR) is 92.1 cm³/mol. The molecule has 24 heavy (non-hydrogen) atoms. The minimum Gasteiger partial charge on any atom is -0.337 e. The largest absolute Gasteiger partial charge is 0.337 e. The fourth-order valence-corrected chi connectivity index (χ4v) is 3.24. The standard InChI is InChI=1S/C16H23ClN6O/c1-13-15(12-20(2)19-13)16(24)22-5-3-4-21(6-8-22)7-9-23-11-14(17)10-18-23/h10-12H,3-9H2,1-2H3. The lowest BCUT2D eigenvalue weighted by molar-refractivity contribution is 0.0760. The molecule has 1 amide bonds. The zero-order chi connectivity index (χ0) is 17.1. The molecule has 8 heteroatoms. The molecule has 3 rings (SSSR count). The molecule has 1 fully saturated rings. The van der Waals surface area contributed by atoms with Crippen LogP contribution in [0, 0.1) is 6.92 Å². The number of carbonyl (C=O) groups excluding carboxylic acids is 1. The number of hydrogen-bond donors (Lipinski definition) is 0. The Morgan fingerprint density at radius 1 is 1.21 bits per heavy atom. The van der Waals surface area contributed by atoms with Crippen LogP contribution in [0.3, 0.4) is 0 Å². The zero-order valence-electron chi connectivity index (χ0n) is 14.2. The van der Waals surface area contributed by atoms with Crippen LogP contribution in [-0.4, -0.2) is 68.0 Å². The lowest BCUT2D eigenvalue weighted by atomic mass is 10.2. The maximum Gasteiger partial charge on any atom is 0.257 e. The van der Waals surface area contributed by atoms with Crippen molar-refractivity contribution >= 4 is 17.5 Å². The van der Waals surface area contributed by atoms with Gasteiger partial charge >= 0.3 is 0 Å². The summed E-state index contributed by atoms with van der Waals surface area (Å²) in [4.78, 5) is 17.0. The van der Waals surface area contributed by atoms with Crippen molar-refractivity contribution in [2.24, 2.45) is 7.05 Å². The lowest BCUT2D eigenvalue weighted by Gasteiger charge is -2.21. The number of amides is 1. The third-order valence-corrected chi connectivity index (χ3v) is 4.56. The van der Waals surface area contributed by atoms with E-state index in [9.17, 15) is 4.79 Å². The molecule has 0 spiro atoms. The average Bonchev–Trinajstić information content (AvgIpc) is 3.01. The first kappa shape index (κ1) is 17.0. The number of rotatable bonds is 4. The van der Waals surface area contributed by atoms with E-state index in [1.165, 1.54) is 0 Å². The van der Waals surface area contributed by atoms with Gasteiger partial charge in [0.2, 0.25) is 0 Å². The Kier molecular flexibility index (Phi) is 5.20. The molecule has 0 aliphatic carbocycles. The van der Waals surface area contributed by atoms with Crippen LogP contribution < -0.4 is 0 Å². The van der Waals surface area contributed by atoms with Gasteiger partial charge in [0.05, 0.1) is 29.0 Å². The Labute approximate surface area is 146 Å². The topological polar surface area (TPSA) is 59.2 Å². The highest BCUT2D eigenvalue weighted by atomic mass is 35.5. The number of halogens is 1. The van der Waals surface area contributed by atoms with Crippen LogP contribution in [0.2, 0.25) is 5.02 Å². The van der Waals surface area contributed by atoms with E-state index in [2.05, 4.69) is 15.1 Å². The van der Waals surface area contributed by atoms with Gasteiger partial charge in [0.15, 0.2) is 0 Å².